The summed E-state index contributed by atoms with van der Waals surface area (Å²) >= 11 is 0. The first kappa shape index (κ1) is 8.16. The lowest BCUT2D eigenvalue weighted by molar-refractivity contribution is 0.0907. The molecule has 0 atom stereocenters. The SMILES string of the molecule is CC(C)c1cnn2c1N=CCC2=O. The van der Waals surface area contributed by atoms with E-state index >= 15 is 0 Å². The van der Waals surface area contributed by atoms with E-state index in [0.29, 0.717) is 18.2 Å². The molecule has 0 bridgehead atoms. The number of carbonyl (C=O) groups excluding carboxylic acids is 1. The zero-order valence-corrected chi connectivity index (χ0v) is 7.69. The Balaban J connectivity index is 2.55. The predicted octanol–water partition coefficient (Wildman–Crippen LogP) is 1.75. The predicted molar refractivity (Wildman–Crippen MR) is 49.7 cm³/mol. The summed E-state index contributed by atoms with van der Waals surface area (Å²) < 4.78 is 1.38. The first-order valence-corrected chi connectivity index (χ1v) is 4.34. The third-order valence-electron chi connectivity index (χ3n) is 2.11. The van der Waals surface area contributed by atoms with Crippen molar-refractivity contribution >= 4 is 17.9 Å². The second-order valence-electron chi connectivity index (χ2n) is 3.40. The zero-order valence-electron chi connectivity index (χ0n) is 7.69. The van der Waals surface area contributed by atoms with Crippen LogP contribution in [0.25, 0.3) is 0 Å². The van der Waals surface area contributed by atoms with Crippen molar-refractivity contribution in [1.29, 1.82) is 0 Å². The molecule has 0 saturated carbocycles. The molecule has 13 heavy (non-hydrogen) atoms. The normalized spacial score (nSPS) is 15.2. The van der Waals surface area contributed by atoms with Crippen LogP contribution in [0.4, 0.5) is 5.82 Å². The molecule has 0 N–H and O–H groups in total. The summed E-state index contributed by atoms with van der Waals surface area (Å²) in [4.78, 5) is 15.5. The van der Waals surface area contributed by atoms with E-state index in [2.05, 4.69) is 23.9 Å². The molecule has 2 heterocycles. The van der Waals surface area contributed by atoms with Gasteiger partial charge in [-0.25, -0.2) is 4.99 Å². The van der Waals surface area contributed by atoms with Gasteiger partial charge in [0.05, 0.1) is 12.6 Å². The Kier molecular flexibility index (Phi) is 1.76. The molecular formula is C9H11N3O. The summed E-state index contributed by atoms with van der Waals surface area (Å²) in [5.41, 5.74) is 1.03. The average Bonchev–Trinajstić information content (AvgIpc) is 2.48. The average molecular weight is 177 g/mol. The Morgan fingerprint density at radius 2 is 2.31 bits per heavy atom. The fourth-order valence-electron chi connectivity index (χ4n) is 1.37. The quantitative estimate of drug-likeness (QED) is 0.656. The summed E-state index contributed by atoms with van der Waals surface area (Å²) in [6, 6.07) is 0. The van der Waals surface area contributed by atoms with E-state index in [1.807, 2.05) is 0 Å². The Morgan fingerprint density at radius 1 is 1.54 bits per heavy atom. The number of aromatic nitrogens is 2. The van der Waals surface area contributed by atoms with E-state index in [4.69, 9.17) is 0 Å². The molecule has 2 rings (SSSR count). The number of hydrogen-bond acceptors (Lipinski definition) is 3. The second-order valence-corrected chi connectivity index (χ2v) is 3.40. The van der Waals surface area contributed by atoms with Crippen molar-refractivity contribution in [1.82, 2.24) is 9.78 Å². The van der Waals surface area contributed by atoms with Gasteiger partial charge in [0.2, 0.25) is 0 Å². The molecule has 0 spiro atoms. The first-order chi connectivity index (χ1) is 6.20. The largest absolute Gasteiger partial charge is 0.272 e. The lowest BCUT2D eigenvalue weighted by atomic mass is 10.1. The van der Waals surface area contributed by atoms with E-state index in [-0.39, 0.29) is 5.91 Å². The van der Waals surface area contributed by atoms with E-state index in [9.17, 15) is 4.79 Å². The lowest BCUT2D eigenvalue weighted by Gasteiger charge is -2.08. The molecular weight excluding hydrogens is 166 g/mol. The molecule has 4 nitrogen and oxygen atoms in total. The monoisotopic (exact) mass is 177 g/mol. The molecule has 0 unspecified atom stereocenters. The lowest BCUT2D eigenvalue weighted by Crippen LogP contribution is -2.15. The maximum absolute atomic E-state index is 11.3. The zero-order chi connectivity index (χ0) is 9.42. The smallest absolute Gasteiger partial charge is 0.254 e. The third kappa shape index (κ3) is 1.18. The van der Waals surface area contributed by atoms with Gasteiger partial charge in [-0.05, 0) is 5.92 Å². The van der Waals surface area contributed by atoms with Gasteiger partial charge in [-0.1, -0.05) is 13.8 Å². The van der Waals surface area contributed by atoms with Crippen LogP contribution in [0.5, 0.6) is 0 Å². The minimum absolute atomic E-state index is 0.00287. The molecule has 0 amide bonds. The molecule has 4 heteroatoms. The van der Waals surface area contributed by atoms with Crippen LogP contribution in [0, 0.1) is 0 Å². The van der Waals surface area contributed by atoms with Crippen LogP contribution in [-0.2, 0) is 0 Å². The van der Waals surface area contributed by atoms with Crippen molar-refractivity contribution in [2.75, 3.05) is 0 Å². The highest BCUT2D eigenvalue weighted by atomic mass is 16.2. The number of hydrogen-bond donors (Lipinski definition) is 0. The molecule has 1 aromatic rings. The Hall–Kier alpha value is -1.45. The van der Waals surface area contributed by atoms with Gasteiger partial charge in [-0.15, -0.1) is 0 Å². The second kappa shape index (κ2) is 2.80. The van der Waals surface area contributed by atoms with Crippen molar-refractivity contribution in [3.63, 3.8) is 0 Å². The fraction of sp³-hybridized carbons (Fsp3) is 0.444. The molecule has 1 aromatic heterocycles. The van der Waals surface area contributed by atoms with E-state index in [1.54, 1.807) is 12.4 Å². The summed E-state index contributed by atoms with van der Waals surface area (Å²) in [5.74, 6) is 1.05. The fourth-order valence-corrected chi connectivity index (χ4v) is 1.37. The number of nitrogens with zero attached hydrogens (tertiary/aromatic N) is 3. The van der Waals surface area contributed by atoms with Crippen LogP contribution in [0.15, 0.2) is 11.2 Å². The minimum Gasteiger partial charge on any atom is -0.272 e. The molecule has 68 valence electrons. The minimum atomic E-state index is -0.00287. The molecule has 0 saturated heterocycles. The Bertz CT molecular complexity index is 376. The number of fused-ring (bicyclic) bond motifs is 1. The van der Waals surface area contributed by atoms with Crippen LogP contribution in [0.3, 0.4) is 0 Å². The molecule has 0 radical (unpaired) electrons. The third-order valence-corrected chi connectivity index (χ3v) is 2.11. The van der Waals surface area contributed by atoms with Gasteiger partial charge in [-0.2, -0.15) is 9.78 Å². The van der Waals surface area contributed by atoms with Crippen LogP contribution >= 0.6 is 0 Å². The highest BCUT2D eigenvalue weighted by molar-refractivity contribution is 5.96. The Morgan fingerprint density at radius 3 is 3.00 bits per heavy atom. The summed E-state index contributed by atoms with van der Waals surface area (Å²) in [5, 5.41) is 4.01. The van der Waals surface area contributed by atoms with Gasteiger partial charge in [0, 0.05) is 11.8 Å². The van der Waals surface area contributed by atoms with Crippen LogP contribution in [-0.4, -0.2) is 21.9 Å². The summed E-state index contributed by atoms with van der Waals surface area (Å²) in [6.07, 6.45) is 3.72. The standard InChI is InChI=1S/C9H11N3O/c1-6(2)7-5-11-12-8(13)3-4-10-9(7)12/h4-6H,3H2,1-2H3. The van der Waals surface area contributed by atoms with Gasteiger partial charge in [-0.3, -0.25) is 4.79 Å². The van der Waals surface area contributed by atoms with Gasteiger partial charge in [0.25, 0.3) is 5.91 Å². The molecule has 1 aliphatic heterocycles. The summed E-state index contributed by atoms with van der Waals surface area (Å²) in [7, 11) is 0. The highest BCUT2D eigenvalue weighted by Crippen LogP contribution is 2.27. The maximum atomic E-state index is 11.3. The summed E-state index contributed by atoms with van der Waals surface area (Å²) in [6.45, 7) is 4.12. The number of rotatable bonds is 1. The molecule has 0 aliphatic carbocycles. The molecule has 0 aromatic carbocycles. The van der Waals surface area contributed by atoms with Crippen LogP contribution in [0.1, 0.15) is 36.5 Å². The topological polar surface area (TPSA) is 47.2 Å². The van der Waals surface area contributed by atoms with Crippen LogP contribution in [0.2, 0.25) is 0 Å². The Labute approximate surface area is 76.3 Å². The van der Waals surface area contributed by atoms with Gasteiger partial charge in [0.15, 0.2) is 5.82 Å². The molecule has 1 aliphatic rings. The van der Waals surface area contributed by atoms with E-state index in [0.717, 1.165) is 5.56 Å². The number of carbonyl (C=O) groups is 1. The highest BCUT2D eigenvalue weighted by Gasteiger charge is 2.19. The van der Waals surface area contributed by atoms with Crippen molar-refractivity contribution in [2.45, 2.75) is 26.2 Å². The van der Waals surface area contributed by atoms with Gasteiger partial charge >= 0.3 is 0 Å². The van der Waals surface area contributed by atoms with Gasteiger partial charge < -0.3 is 0 Å². The van der Waals surface area contributed by atoms with Crippen molar-refractivity contribution in [3.8, 4) is 0 Å². The van der Waals surface area contributed by atoms with Gasteiger partial charge in [0.1, 0.15) is 0 Å². The first-order valence-electron chi connectivity index (χ1n) is 4.34. The van der Waals surface area contributed by atoms with Crippen molar-refractivity contribution in [3.05, 3.63) is 11.8 Å². The van der Waals surface area contributed by atoms with E-state index in [1.165, 1.54) is 4.68 Å². The number of aliphatic imine (C=N–C) groups is 1. The maximum Gasteiger partial charge on any atom is 0.254 e. The van der Waals surface area contributed by atoms with Crippen molar-refractivity contribution < 1.29 is 4.79 Å². The van der Waals surface area contributed by atoms with Crippen molar-refractivity contribution in [2.24, 2.45) is 4.99 Å². The van der Waals surface area contributed by atoms with E-state index < -0.39 is 0 Å². The molecule has 0 fully saturated rings. The van der Waals surface area contributed by atoms with Crippen LogP contribution < -0.4 is 0 Å².